The number of anilines is 1. The number of nitrogens with two attached hydrogens (primary N) is 2. The summed E-state index contributed by atoms with van der Waals surface area (Å²) in [5.41, 5.74) is 16.6. The van der Waals surface area contributed by atoms with Gasteiger partial charge in [0.05, 0.1) is 16.0 Å². The molecule has 5 N–H and O–H groups in total. The van der Waals surface area contributed by atoms with E-state index < -0.39 is 5.91 Å². The molecule has 1 aromatic carbocycles. The number of likely N-dealkylation sites (tertiary alicyclic amines) is 1. The highest BCUT2D eigenvalue weighted by molar-refractivity contribution is 7.19. The summed E-state index contributed by atoms with van der Waals surface area (Å²) in [4.78, 5) is 32.8. The zero-order valence-corrected chi connectivity index (χ0v) is 21.5. The number of nitrogens with one attached hydrogen (secondary N) is 1. The Balaban J connectivity index is 1.76. The van der Waals surface area contributed by atoms with Crippen molar-refractivity contribution in [3.63, 3.8) is 0 Å². The molecule has 8 nitrogen and oxygen atoms in total. The SMILES string of the molecule is CC(C)Nc1ncc(-c2ccc(C(N)=O)c3c2c2c(n3C3CCN(C)CC3)CC(C(N)=O)CC2)s1. The van der Waals surface area contributed by atoms with E-state index in [1.165, 1.54) is 5.56 Å². The van der Waals surface area contributed by atoms with Gasteiger partial charge in [-0.15, -0.1) is 0 Å². The number of amides is 2. The van der Waals surface area contributed by atoms with E-state index in [0.29, 0.717) is 12.0 Å². The molecule has 186 valence electrons. The highest BCUT2D eigenvalue weighted by Gasteiger charge is 2.34. The lowest BCUT2D eigenvalue weighted by molar-refractivity contribution is -0.122. The number of benzene rings is 1. The van der Waals surface area contributed by atoms with Gasteiger partial charge >= 0.3 is 0 Å². The molecule has 35 heavy (non-hydrogen) atoms. The largest absolute Gasteiger partial charge is 0.369 e. The van der Waals surface area contributed by atoms with Gasteiger partial charge in [-0.25, -0.2) is 4.98 Å². The Morgan fingerprint density at radius 3 is 2.57 bits per heavy atom. The molecule has 1 aliphatic heterocycles. The van der Waals surface area contributed by atoms with Crippen LogP contribution in [0.3, 0.4) is 0 Å². The molecule has 3 heterocycles. The standard InChI is InChI=1S/C26H34N6O2S/c1-14(2)30-26-29-13-21(35-26)18-6-7-19(25(28)34)23-22(18)17-5-4-15(24(27)33)12-20(17)32(23)16-8-10-31(3)11-9-16/h6-7,13-16H,4-5,8-12H2,1-3H3,(H2,27,33)(H2,28,34)(H,29,30). The van der Waals surface area contributed by atoms with Crippen molar-refractivity contribution in [3.8, 4) is 10.4 Å². The van der Waals surface area contributed by atoms with Crippen LogP contribution in [-0.4, -0.2) is 52.4 Å². The van der Waals surface area contributed by atoms with Crippen molar-refractivity contribution in [1.82, 2.24) is 14.5 Å². The van der Waals surface area contributed by atoms with Crippen molar-refractivity contribution in [2.45, 2.75) is 58.0 Å². The number of hydrogen-bond donors (Lipinski definition) is 3. The van der Waals surface area contributed by atoms with Gasteiger partial charge in [0.15, 0.2) is 5.13 Å². The van der Waals surface area contributed by atoms with Crippen LogP contribution in [0, 0.1) is 5.92 Å². The van der Waals surface area contributed by atoms with Crippen molar-refractivity contribution in [2.75, 3.05) is 25.5 Å². The number of fused-ring (bicyclic) bond motifs is 3. The maximum atomic E-state index is 12.7. The van der Waals surface area contributed by atoms with E-state index in [9.17, 15) is 9.59 Å². The second-order valence-corrected chi connectivity index (χ2v) is 11.3. The number of aryl methyl sites for hydroxylation is 1. The molecule has 0 saturated carbocycles. The minimum absolute atomic E-state index is 0.192. The van der Waals surface area contributed by atoms with Gasteiger partial charge in [0.25, 0.3) is 5.91 Å². The van der Waals surface area contributed by atoms with Crippen molar-refractivity contribution in [1.29, 1.82) is 0 Å². The maximum absolute atomic E-state index is 12.7. The van der Waals surface area contributed by atoms with Crippen LogP contribution in [0.4, 0.5) is 5.13 Å². The Hall–Kier alpha value is -2.91. The minimum Gasteiger partial charge on any atom is -0.369 e. The van der Waals surface area contributed by atoms with E-state index >= 15 is 0 Å². The van der Waals surface area contributed by atoms with Crippen LogP contribution in [0.5, 0.6) is 0 Å². The summed E-state index contributed by atoms with van der Waals surface area (Å²) >= 11 is 1.62. The van der Waals surface area contributed by atoms with Crippen molar-refractivity contribution < 1.29 is 9.59 Å². The van der Waals surface area contributed by atoms with E-state index in [0.717, 1.165) is 70.9 Å². The predicted octanol–water partition coefficient (Wildman–Crippen LogP) is 3.54. The van der Waals surface area contributed by atoms with Crippen LogP contribution in [0.1, 0.15) is 60.8 Å². The lowest BCUT2D eigenvalue weighted by Crippen LogP contribution is -2.34. The first-order valence-corrected chi connectivity index (χ1v) is 13.2. The summed E-state index contributed by atoms with van der Waals surface area (Å²) in [7, 11) is 2.14. The van der Waals surface area contributed by atoms with Gasteiger partial charge in [-0.2, -0.15) is 0 Å². The second-order valence-electron chi connectivity index (χ2n) is 10.2. The highest BCUT2D eigenvalue weighted by atomic mass is 32.1. The number of nitrogens with zero attached hydrogens (tertiary/aromatic N) is 3. The van der Waals surface area contributed by atoms with Crippen molar-refractivity contribution in [2.24, 2.45) is 17.4 Å². The second kappa shape index (κ2) is 9.28. The lowest BCUT2D eigenvalue weighted by atomic mass is 9.85. The molecule has 5 rings (SSSR count). The van der Waals surface area contributed by atoms with Gasteiger partial charge < -0.3 is 26.3 Å². The molecule has 0 bridgehead atoms. The number of thiazole rings is 1. The van der Waals surface area contributed by atoms with Crippen LogP contribution in [0.15, 0.2) is 18.3 Å². The zero-order valence-electron chi connectivity index (χ0n) is 20.6. The quantitative estimate of drug-likeness (QED) is 0.484. The van der Waals surface area contributed by atoms with Gasteiger partial charge in [-0.05, 0) is 77.7 Å². The van der Waals surface area contributed by atoms with E-state index in [1.54, 1.807) is 11.3 Å². The van der Waals surface area contributed by atoms with Gasteiger partial charge in [-0.1, -0.05) is 17.4 Å². The van der Waals surface area contributed by atoms with Crippen LogP contribution in [0.25, 0.3) is 21.3 Å². The first-order valence-electron chi connectivity index (χ1n) is 12.4. The molecule has 1 atom stereocenters. The Kier molecular flexibility index (Phi) is 6.31. The summed E-state index contributed by atoms with van der Waals surface area (Å²) in [5.74, 6) is -0.871. The number of rotatable bonds is 6. The maximum Gasteiger partial charge on any atom is 0.250 e. The fourth-order valence-electron chi connectivity index (χ4n) is 5.73. The molecule has 3 aromatic rings. The minimum atomic E-state index is -0.427. The molecule has 0 spiro atoms. The molecule has 1 fully saturated rings. The highest BCUT2D eigenvalue weighted by Crippen LogP contribution is 2.45. The third kappa shape index (κ3) is 4.31. The molecule has 1 saturated heterocycles. The molecule has 1 aliphatic carbocycles. The van der Waals surface area contributed by atoms with E-state index in [2.05, 4.69) is 40.7 Å². The fraction of sp³-hybridized carbons (Fsp3) is 0.500. The summed E-state index contributed by atoms with van der Waals surface area (Å²) in [5, 5.41) is 5.34. The molecule has 2 aromatic heterocycles. The van der Waals surface area contributed by atoms with E-state index in [4.69, 9.17) is 11.5 Å². The molecular formula is C26H34N6O2S. The predicted molar refractivity (Wildman–Crippen MR) is 141 cm³/mol. The number of primary amides is 2. The molecule has 0 radical (unpaired) electrons. The number of aromatic nitrogens is 2. The number of carbonyl (C=O) groups excluding carboxylic acids is 2. The average molecular weight is 495 g/mol. The molecule has 2 amide bonds. The first-order chi connectivity index (χ1) is 16.7. The summed E-state index contributed by atoms with van der Waals surface area (Å²) in [6.45, 7) is 6.16. The van der Waals surface area contributed by atoms with Crippen LogP contribution in [-0.2, 0) is 17.6 Å². The Labute approximate surface area is 209 Å². The average Bonchev–Trinajstić information content (AvgIpc) is 3.40. The monoisotopic (exact) mass is 494 g/mol. The van der Waals surface area contributed by atoms with E-state index in [1.807, 2.05) is 18.3 Å². The smallest absolute Gasteiger partial charge is 0.250 e. The Morgan fingerprint density at radius 1 is 1.17 bits per heavy atom. The number of piperidine rings is 1. The number of hydrogen-bond acceptors (Lipinski definition) is 6. The van der Waals surface area contributed by atoms with Gasteiger partial charge in [0.2, 0.25) is 5.91 Å². The van der Waals surface area contributed by atoms with Gasteiger partial charge in [0.1, 0.15) is 0 Å². The van der Waals surface area contributed by atoms with Crippen LogP contribution in [0.2, 0.25) is 0 Å². The summed E-state index contributed by atoms with van der Waals surface area (Å²) < 4.78 is 2.35. The third-order valence-corrected chi connectivity index (χ3v) is 8.41. The third-order valence-electron chi connectivity index (χ3n) is 7.45. The molecule has 9 heteroatoms. The first kappa shape index (κ1) is 23.8. The molecule has 2 aliphatic rings. The van der Waals surface area contributed by atoms with Gasteiger partial charge in [0, 0.05) is 40.8 Å². The zero-order chi connectivity index (χ0) is 24.9. The van der Waals surface area contributed by atoms with Gasteiger partial charge in [-0.3, -0.25) is 9.59 Å². The van der Waals surface area contributed by atoms with Crippen LogP contribution < -0.4 is 16.8 Å². The Morgan fingerprint density at radius 2 is 1.91 bits per heavy atom. The lowest BCUT2D eigenvalue weighted by Gasteiger charge is -2.33. The fourth-order valence-corrected chi connectivity index (χ4v) is 6.73. The molecular weight excluding hydrogens is 460 g/mol. The summed E-state index contributed by atoms with van der Waals surface area (Å²) in [6, 6.07) is 4.40. The van der Waals surface area contributed by atoms with E-state index in [-0.39, 0.29) is 23.9 Å². The van der Waals surface area contributed by atoms with Crippen LogP contribution >= 0.6 is 11.3 Å². The van der Waals surface area contributed by atoms with Crippen molar-refractivity contribution in [3.05, 3.63) is 35.2 Å². The normalized spacial score (nSPS) is 19.3. The Bertz CT molecular complexity index is 1280. The van der Waals surface area contributed by atoms with Crippen molar-refractivity contribution >= 4 is 39.2 Å². The molecule has 1 unspecified atom stereocenters. The topological polar surface area (TPSA) is 119 Å². The summed E-state index contributed by atoms with van der Waals surface area (Å²) in [6.07, 6.45) is 5.95. The number of carbonyl (C=O) groups is 2.